The van der Waals surface area contributed by atoms with E-state index in [0.717, 1.165) is 10.5 Å². The summed E-state index contributed by atoms with van der Waals surface area (Å²) in [4.78, 5) is 55.5. The number of likely N-dealkylation sites (tertiary alicyclic amines) is 1. The molecule has 6 rings (SSSR count). The molecule has 2 aromatic heterocycles. The Bertz CT molecular complexity index is 1380. The molecule has 3 heterocycles. The van der Waals surface area contributed by atoms with Crippen LogP contribution in [0.5, 0.6) is 0 Å². The maximum Gasteiger partial charge on any atom is 0.234 e. The van der Waals surface area contributed by atoms with Crippen molar-refractivity contribution in [3.8, 4) is 0 Å². The number of hydrogen-bond acceptors (Lipinski definition) is 7. The van der Waals surface area contributed by atoms with Gasteiger partial charge in [-0.25, -0.2) is 0 Å². The Morgan fingerprint density at radius 3 is 2.66 bits per heavy atom. The van der Waals surface area contributed by atoms with Gasteiger partial charge < -0.3 is 9.52 Å². The molecule has 4 atom stereocenters. The van der Waals surface area contributed by atoms with Crippen molar-refractivity contribution in [1.29, 1.82) is 0 Å². The van der Waals surface area contributed by atoms with Crippen molar-refractivity contribution in [3.05, 3.63) is 79.4 Å². The first-order chi connectivity index (χ1) is 16.9. The van der Waals surface area contributed by atoms with Crippen LogP contribution in [0.3, 0.4) is 0 Å². The molecular formula is C26H20BrNO6S. The number of rotatable bonds is 4. The van der Waals surface area contributed by atoms with Crippen molar-refractivity contribution in [2.24, 2.45) is 17.8 Å². The number of furan rings is 1. The zero-order valence-electron chi connectivity index (χ0n) is 18.4. The number of amides is 2. The summed E-state index contributed by atoms with van der Waals surface area (Å²) in [6.45, 7) is -0.0553. The molecule has 1 N–H and O–H groups in total. The van der Waals surface area contributed by atoms with Crippen LogP contribution in [0.1, 0.15) is 35.2 Å². The molecule has 0 saturated carbocycles. The van der Waals surface area contributed by atoms with E-state index in [1.165, 1.54) is 22.3 Å². The Labute approximate surface area is 212 Å². The van der Waals surface area contributed by atoms with Crippen LogP contribution in [0.2, 0.25) is 0 Å². The van der Waals surface area contributed by atoms with Gasteiger partial charge in [-0.2, -0.15) is 0 Å². The van der Waals surface area contributed by atoms with Gasteiger partial charge in [-0.3, -0.25) is 24.1 Å². The summed E-state index contributed by atoms with van der Waals surface area (Å²) < 4.78 is 6.03. The number of thiophene rings is 1. The standard InChI is InChI=1S/C26H20BrNO6S/c27-18-9-19(30)22-17(24(18)31)8-16-14(23(22)20-6-3-12(11-29)34-20)4-5-15-21(16)26(33)28(25(15)32)10-13-2-1-7-35-13/h1-4,6-7,9,15-16,21,23,29H,5,8,10-11H2/t15-,16+,21-,23+/m0/s1. The lowest BCUT2D eigenvalue weighted by molar-refractivity contribution is -0.140. The largest absolute Gasteiger partial charge is 0.463 e. The number of aliphatic hydroxyl groups is 1. The highest BCUT2D eigenvalue weighted by atomic mass is 79.9. The molecule has 4 aliphatic rings. The Balaban J connectivity index is 1.45. The number of carbonyl (C=O) groups is 4. The van der Waals surface area contributed by atoms with Gasteiger partial charge in [-0.15, -0.1) is 11.3 Å². The lowest BCUT2D eigenvalue weighted by atomic mass is 9.60. The van der Waals surface area contributed by atoms with Crippen molar-refractivity contribution < 1.29 is 28.7 Å². The van der Waals surface area contributed by atoms with Gasteiger partial charge in [0.25, 0.3) is 0 Å². The van der Waals surface area contributed by atoms with Crippen LogP contribution in [-0.4, -0.2) is 33.4 Å². The second-order valence-corrected chi connectivity index (χ2v) is 11.1. The molecule has 0 aromatic carbocycles. The fourth-order valence-electron chi connectivity index (χ4n) is 5.95. The number of Topliss-reactive ketones (excluding diaryl/α,β-unsaturated/α-hetero) is 1. The fraction of sp³-hybridized carbons (Fsp3) is 0.308. The van der Waals surface area contributed by atoms with Crippen LogP contribution >= 0.6 is 27.3 Å². The van der Waals surface area contributed by atoms with Crippen LogP contribution in [0.4, 0.5) is 0 Å². The van der Waals surface area contributed by atoms with Crippen molar-refractivity contribution in [2.45, 2.75) is 31.9 Å². The van der Waals surface area contributed by atoms with Crippen LogP contribution < -0.4 is 0 Å². The third-order valence-corrected chi connectivity index (χ3v) is 8.89. The van der Waals surface area contributed by atoms with E-state index in [0.29, 0.717) is 29.1 Å². The second-order valence-electron chi connectivity index (χ2n) is 9.20. The van der Waals surface area contributed by atoms with Crippen LogP contribution in [-0.2, 0) is 32.3 Å². The average molecular weight is 554 g/mol. The molecule has 1 saturated heterocycles. The highest BCUT2D eigenvalue weighted by Gasteiger charge is 2.56. The highest BCUT2D eigenvalue weighted by Crippen LogP contribution is 2.55. The second kappa shape index (κ2) is 8.36. The molecule has 2 aromatic rings. The molecule has 1 aliphatic heterocycles. The summed E-state index contributed by atoms with van der Waals surface area (Å²) in [6, 6.07) is 7.13. The number of fused-ring (bicyclic) bond motifs is 3. The van der Waals surface area contributed by atoms with Gasteiger partial charge in [0.15, 0.2) is 11.6 Å². The molecule has 9 heteroatoms. The first-order valence-corrected chi connectivity index (χ1v) is 13.0. The maximum atomic E-state index is 13.6. The molecule has 0 bridgehead atoms. The SMILES string of the molecule is O=C1C=C(Br)C(=O)C2=C1[C@@H](c1ccc(CO)o1)C1=CC[C@@H]3C(=O)N(Cc4cccs4)C(=O)[C@@H]3[C@@H]1C2. The molecule has 3 aliphatic carbocycles. The molecular weight excluding hydrogens is 534 g/mol. The van der Waals surface area contributed by atoms with Gasteiger partial charge in [0.2, 0.25) is 11.8 Å². The average Bonchev–Trinajstić information content (AvgIpc) is 3.59. The Kier molecular flexibility index (Phi) is 5.39. The zero-order valence-corrected chi connectivity index (χ0v) is 20.8. The monoisotopic (exact) mass is 553 g/mol. The highest BCUT2D eigenvalue weighted by molar-refractivity contribution is 9.12. The van der Waals surface area contributed by atoms with Gasteiger partial charge >= 0.3 is 0 Å². The van der Waals surface area contributed by atoms with Gasteiger partial charge in [0, 0.05) is 22.1 Å². The predicted octanol–water partition coefficient (Wildman–Crippen LogP) is 3.80. The van der Waals surface area contributed by atoms with Crippen LogP contribution in [0, 0.1) is 17.8 Å². The van der Waals surface area contributed by atoms with Crippen molar-refractivity contribution in [3.63, 3.8) is 0 Å². The molecule has 0 spiro atoms. The summed E-state index contributed by atoms with van der Waals surface area (Å²) in [5.74, 6) is -2.34. The first kappa shape index (κ1) is 22.6. The van der Waals surface area contributed by atoms with Crippen molar-refractivity contribution in [2.75, 3.05) is 0 Å². The third-order valence-electron chi connectivity index (χ3n) is 7.44. The predicted molar refractivity (Wildman–Crippen MR) is 129 cm³/mol. The number of imide groups is 1. The van der Waals surface area contributed by atoms with Crippen LogP contribution in [0.25, 0.3) is 0 Å². The smallest absolute Gasteiger partial charge is 0.234 e. The minimum Gasteiger partial charge on any atom is -0.463 e. The quantitative estimate of drug-likeness (QED) is 0.351. The molecule has 2 amide bonds. The number of ketones is 2. The summed E-state index contributed by atoms with van der Waals surface area (Å²) in [5, 5.41) is 11.4. The molecule has 1 fully saturated rings. The zero-order chi connectivity index (χ0) is 24.4. The van der Waals surface area contributed by atoms with E-state index in [2.05, 4.69) is 15.9 Å². The minimum atomic E-state index is -0.646. The number of carbonyl (C=O) groups excluding carboxylic acids is 4. The summed E-state index contributed by atoms with van der Waals surface area (Å²) in [7, 11) is 0. The van der Waals surface area contributed by atoms with E-state index in [4.69, 9.17) is 4.42 Å². The number of aliphatic hydroxyl groups excluding tert-OH is 1. The summed E-state index contributed by atoms with van der Waals surface area (Å²) >= 11 is 4.71. The van der Waals surface area contributed by atoms with Crippen molar-refractivity contribution >= 4 is 50.6 Å². The molecule has 7 nitrogen and oxygen atoms in total. The maximum absolute atomic E-state index is 13.6. The molecule has 0 radical (unpaired) electrons. The number of hydrogen-bond donors (Lipinski definition) is 1. The topological polar surface area (TPSA) is 105 Å². The minimum absolute atomic E-state index is 0.184. The van der Waals surface area contributed by atoms with E-state index in [1.807, 2.05) is 23.6 Å². The molecule has 178 valence electrons. The van der Waals surface area contributed by atoms with Gasteiger partial charge in [-0.1, -0.05) is 17.7 Å². The number of nitrogens with zero attached hydrogens (tertiary/aromatic N) is 1. The van der Waals surface area contributed by atoms with E-state index >= 15 is 0 Å². The fourth-order valence-corrected chi connectivity index (χ4v) is 7.09. The van der Waals surface area contributed by atoms with E-state index in [-0.39, 0.29) is 47.4 Å². The molecule has 0 unspecified atom stereocenters. The van der Waals surface area contributed by atoms with E-state index < -0.39 is 23.7 Å². The third kappa shape index (κ3) is 3.40. The van der Waals surface area contributed by atoms with Gasteiger partial charge in [0.05, 0.1) is 28.8 Å². The molecule has 35 heavy (non-hydrogen) atoms. The van der Waals surface area contributed by atoms with Gasteiger partial charge in [-0.05, 0) is 58.3 Å². The van der Waals surface area contributed by atoms with E-state index in [9.17, 15) is 24.3 Å². The Morgan fingerprint density at radius 1 is 1.11 bits per heavy atom. The number of allylic oxidation sites excluding steroid dienone is 6. The lowest BCUT2D eigenvalue weighted by Crippen LogP contribution is -2.39. The van der Waals surface area contributed by atoms with E-state index in [1.54, 1.807) is 12.1 Å². The van der Waals surface area contributed by atoms with Crippen LogP contribution in [0.15, 0.2) is 67.4 Å². The summed E-state index contributed by atoms with van der Waals surface area (Å²) in [5.41, 5.74) is 1.54. The van der Waals surface area contributed by atoms with Gasteiger partial charge in [0.1, 0.15) is 18.1 Å². The number of halogens is 1. The Hall–Kier alpha value is -2.88. The Morgan fingerprint density at radius 2 is 1.94 bits per heavy atom. The normalized spacial score (nSPS) is 28.1. The lowest BCUT2D eigenvalue weighted by Gasteiger charge is -2.41. The first-order valence-electron chi connectivity index (χ1n) is 11.3. The summed E-state index contributed by atoms with van der Waals surface area (Å²) in [6.07, 6.45) is 3.83. The van der Waals surface area contributed by atoms with Crippen molar-refractivity contribution in [1.82, 2.24) is 4.90 Å².